The first-order chi connectivity index (χ1) is 11.3. The minimum absolute atomic E-state index is 0.0340. The fourth-order valence-electron chi connectivity index (χ4n) is 2.69. The van der Waals surface area contributed by atoms with Gasteiger partial charge in [-0.1, -0.05) is 30.3 Å². The summed E-state index contributed by atoms with van der Waals surface area (Å²) in [6.45, 7) is 2.26. The molecule has 1 aliphatic rings. The Kier molecular flexibility index (Phi) is 5.27. The molecule has 120 valence electrons. The molecule has 3 rings (SSSR count). The molecule has 0 radical (unpaired) electrons. The Morgan fingerprint density at radius 3 is 2.61 bits per heavy atom. The predicted octanol–water partition coefficient (Wildman–Crippen LogP) is 2.75. The number of nitrogens with one attached hydrogen (secondary N) is 2. The summed E-state index contributed by atoms with van der Waals surface area (Å²) in [7, 11) is 0. The van der Waals surface area contributed by atoms with E-state index in [1.165, 1.54) is 6.42 Å². The number of hydrogen-bond donors (Lipinski definition) is 2. The Morgan fingerprint density at radius 2 is 1.91 bits per heavy atom. The molecule has 1 unspecified atom stereocenters. The average Bonchev–Trinajstić information content (AvgIpc) is 3.13. The molecule has 2 aromatic rings. The molecule has 2 N–H and O–H groups in total. The molecule has 1 fully saturated rings. The third kappa shape index (κ3) is 4.57. The third-order valence-electron chi connectivity index (χ3n) is 4.04. The summed E-state index contributed by atoms with van der Waals surface area (Å²) >= 11 is 0. The van der Waals surface area contributed by atoms with Gasteiger partial charge in [0.15, 0.2) is 0 Å². The van der Waals surface area contributed by atoms with Gasteiger partial charge in [0, 0.05) is 18.2 Å². The fraction of sp³-hybridized carbons (Fsp3) is 0.316. The zero-order chi connectivity index (χ0) is 15.9. The molecule has 1 amide bonds. The third-order valence-corrected chi connectivity index (χ3v) is 4.04. The van der Waals surface area contributed by atoms with Crippen molar-refractivity contribution in [3.63, 3.8) is 0 Å². The standard InChI is InChI=1S/C19H22N2O2/c22-19(21-13-17-7-4-12-20-17)16-8-10-18(11-9-16)23-14-15-5-2-1-3-6-15/h1-3,5-6,8-11,17,20H,4,7,12-14H2,(H,21,22). The normalized spacial score (nSPS) is 17.0. The minimum Gasteiger partial charge on any atom is -0.489 e. The molecule has 23 heavy (non-hydrogen) atoms. The van der Waals surface area contributed by atoms with Crippen LogP contribution < -0.4 is 15.4 Å². The van der Waals surface area contributed by atoms with Crippen LogP contribution in [0.25, 0.3) is 0 Å². The molecule has 2 aromatic carbocycles. The maximum Gasteiger partial charge on any atom is 0.251 e. The number of benzene rings is 2. The Balaban J connectivity index is 1.49. The van der Waals surface area contributed by atoms with Gasteiger partial charge in [-0.2, -0.15) is 0 Å². The molecule has 0 aromatic heterocycles. The highest BCUT2D eigenvalue weighted by Crippen LogP contribution is 2.14. The quantitative estimate of drug-likeness (QED) is 0.862. The Bertz CT molecular complexity index is 620. The molecule has 1 heterocycles. The summed E-state index contributed by atoms with van der Waals surface area (Å²) in [5.41, 5.74) is 1.79. The first-order valence-corrected chi connectivity index (χ1v) is 8.09. The highest BCUT2D eigenvalue weighted by molar-refractivity contribution is 5.94. The van der Waals surface area contributed by atoms with Crippen LogP contribution in [0, 0.1) is 0 Å². The molecule has 0 saturated carbocycles. The van der Waals surface area contributed by atoms with Gasteiger partial charge in [-0.15, -0.1) is 0 Å². The van der Waals surface area contributed by atoms with E-state index < -0.39 is 0 Å². The van der Waals surface area contributed by atoms with Gasteiger partial charge in [0.1, 0.15) is 12.4 Å². The van der Waals surface area contributed by atoms with E-state index in [0.29, 0.717) is 24.8 Å². The fourth-order valence-corrected chi connectivity index (χ4v) is 2.69. The maximum absolute atomic E-state index is 12.1. The monoisotopic (exact) mass is 310 g/mol. The molecule has 4 nitrogen and oxygen atoms in total. The van der Waals surface area contributed by atoms with Crippen molar-refractivity contribution in [3.8, 4) is 5.75 Å². The van der Waals surface area contributed by atoms with Crippen molar-refractivity contribution >= 4 is 5.91 Å². The lowest BCUT2D eigenvalue weighted by Crippen LogP contribution is -2.37. The van der Waals surface area contributed by atoms with Crippen molar-refractivity contribution in [1.29, 1.82) is 0 Å². The van der Waals surface area contributed by atoms with Crippen LogP contribution in [0.2, 0.25) is 0 Å². The van der Waals surface area contributed by atoms with Gasteiger partial charge in [-0.05, 0) is 49.2 Å². The smallest absolute Gasteiger partial charge is 0.251 e. The van der Waals surface area contributed by atoms with Crippen LogP contribution in [0.1, 0.15) is 28.8 Å². The Labute approximate surface area is 136 Å². The highest BCUT2D eigenvalue weighted by atomic mass is 16.5. The second-order valence-electron chi connectivity index (χ2n) is 5.80. The molecule has 1 saturated heterocycles. The number of carbonyl (C=O) groups excluding carboxylic acids is 1. The van der Waals surface area contributed by atoms with Crippen LogP contribution in [-0.4, -0.2) is 25.0 Å². The van der Waals surface area contributed by atoms with Crippen molar-refractivity contribution in [2.45, 2.75) is 25.5 Å². The number of rotatable bonds is 6. The summed E-state index contributed by atoms with van der Waals surface area (Å²) in [5.74, 6) is 0.733. The summed E-state index contributed by atoms with van der Waals surface area (Å²) in [6, 6.07) is 17.7. The van der Waals surface area contributed by atoms with E-state index in [-0.39, 0.29) is 5.91 Å². The van der Waals surface area contributed by atoms with Gasteiger partial charge in [0.2, 0.25) is 0 Å². The number of ether oxygens (including phenoxy) is 1. The summed E-state index contributed by atoms with van der Waals surface area (Å²) in [4.78, 5) is 12.1. The van der Waals surface area contributed by atoms with Crippen molar-refractivity contribution in [3.05, 3.63) is 65.7 Å². The van der Waals surface area contributed by atoms with E-state index in [4.69, 9.17) is 4.74 Å². The van der Waals surface area contributed by atoms with E-state index in [2.05, 4.69) is 10.6 Å². The topological polar surface area (TPSA) is 50.4 Å². The zero-order valence-corrected chi connectivity index (χ0v) is 13.1. The molecular formula is C19H22N2O2. The first kappa shape index (κ1) is 15.6. The largest absolute Gasteiger partial charge is 0.489 e. The zero-order valence-electron chi connectivity index (χ0n) is 13.1. The molecule has 1 atom stereocenters. The number of hydrogen-bond acceptors (Lipinski definition) is 3. The number of carbonyl (C=O) groups is 1. The van der Waals surface area contributed by atoms with Crippen molar-refractivity contribution < 1.29 is 9.53 Å². The van der Waals surface area contributed by atoms with Crippen LogP contribution in [0.15, 0.2) is 54.6 Å². The van der Waals surface area contributed by atoms with Crippen LogP contribution in [0.4, 0.5) is 0 Å². The van der Waals surface area contributed by atoms with Crippen LogP contribution in [0.5, 0.6) is 5.75 Å². The molecular weight excluding hydrogens is 288 g/mol. The van der Waals surface area contributed by atoms with E-state index >= 15 is 0 Å². The minimum atomic E-state index is -0.0340. The summed E-state index contributed by atoms with van der Waals surface area (Å²) in [5, 5.41) is 6.35. The molecule has 0 aliphatic carbocycles. The lowest BCUT2D eigenvalue weighted by Gasteiger charge is -2.12. The lowest BCUT2D eigenvalue weighted by atomic mass is 10.2. The van der Waals surface area contributed by atoms with Gasteiger partial charge in [0.25, 0.3) is 5.91 Å². The van der Waals surface area contributed by atoms with Gasteiger partial charge in [0.05, 0.1) is 0 Å². The summed E-state index contributed by atoms with van der Waals surface area (Å²) < 4.78 is 5.73. The molecule has 0 spiro atoms. The van der Waals surface area contributed by atoms with Gasteiger partial charge in [-0.25, -0.2) is 0 Å². The lowest BCUT2D eigenvalue weighted by molar-refractivity contribution is 0.0950. The van der Waals surface area contributed by atoms with E-state index in [1.807, 2.05) is 42.5 Å². The first-order valence-electron chi connectivity index (χ1n) is 8.09. The Hall–Kier alpha value is -2.33. The molecule has 1 aliphatic heterocycles. The van der Waals surface area contributed by atoms with E-state index in [9.17, 15) is 4.79 Å². The van der Waals surface area contributed by atoms with Gasteiger partial charge >= 0.3 is 0 Å². The van der Waals surface area contributed by atoms with E-state index in [1.54, 1.807) is 12.1 Å². The van der Waals surface area contributed by atoms with Crippen LogP contribution in [0.3, 0.4) is 0 Å². The van der Waals surface area contributed by atoms with Crippen molar-refractivity contribution in [2.75, 3.05) is 13.1 Å². The van der Waals surface area contributed by atoms with Gasteiger partial charge < -0.3 is 15.4 Å². The molecule has 0 bridgehead atoms. The highest BCUT2D eigenvalue weighted by Gasteiger charge is 2.15. The van der Waals surface area contributed by atoms with E-state index in [0.717, 1.165) is 24.3 Å². The summed E-state index contributed by atoms with van der Waals surface area (Å²) in [6.07, 6.45) is 2.32. The van der Waals surface area contributed by atoms with Crippen LogP contribution in [-0.2, 0) is 6.61 Å². The van der Waals surface area contributed by atoms with Crippen LogP contribution >= 0.6 is 0 Å². The van der Waals surface area contributed by atoms with Gasteiger partial charge in [-0.3, -0.25) is 4.79 Å². The Morgan fingerprint density at radius 1 is 1.13 bits per heavy atom. The molecule has 4 heteroatoms. The second-order valence-corrected chi connectivity index (χ2v) is 5.80. The second kappa shape index (κ2) is 7.79. The number of amides is 1. The maximum atomic E-state index is 12.1. The SMILES string of the molecule is O=C(NCC1CCCN1)c1ccc(OCc2ccccc2)cc1. The van der Waals surface area contributed by atoms with Crippen molar-refractivity contribution in [2.24, 2.45) is 0 Å². The predicted molar refractivity (Wildman–Crippen MR) is 90.6 cm³/mol. The van der Waals surface area contributed by atoms with Crippen molar-refractivity contribution in [1.82, 2.24) is 10.6 Å². The average molecular weight is 310 g/mol.